The van der Waals surface area contributed by atoms with Crippen LogP contribution in [0.4, 0.5) is 4.39 Å². The highest BCUT2D eigenvalue weighted by atomic mass is 79.9. The first-order valence-electron chi connectivity index (χ1n) is 5.79. The molecule has 0 radical (unpaired) electrons. The topological polar surface area (TPSA) is 49.3 Å². The van der Waals surface area contributed by atoms with Crippen molar-refractivity contribution in [1.82, 2.24) is 5.32 Å². The molecule has 0 aliphatic rings. The lowest BCUT2D eigenvalue weighted by Gasteiger charge is -2.14. The fraction of sp³-hybridized carbons (Fsp3) is 0.462. The zero-order valence-corrected chi connectivity index (χ0v) is 12.0. The molecule has 1 rings (SSSR count). The predicted octanol–water partition coefficient (Wildman–Crippen LogP) is 2.61. The Bertz CT molecular complexity index is 423. The first-order chi connectivity index (χ1) is 8.40. The molecule has 1 aromatic rings. The van der Waals surface area contributed by atoms with Crippen molar-refractivity contribution in [2.24, 2.45) is 5.92 Å². The summed E-state index contributed by atoms with van der Waals surface area (Å²) in [5.41, 5.74) is 0.669. The van der Waals surface area contributed by atoms with Crippen molar-refractivity contribution < 1.29 is 14.3 Å². The van der Waals surface area contributed by atoms with Crippen LogP contribution in [0.25, 0.3) is 0 Å². The van der Waals surface area contributed by atoms with Crippen molar-refractivity contribution in [2.75, 3.05) is 0 Å². The number of carbonyl (C=O) groups excluding carboxylic acids is 1. The number of hydrogen-bond acceptors (Lipinski definition) is 2. The van der Waals surface area contributed by atoms with Crippen molar-refractivity contribution in [1.29, 1.82) is 0 Å². The third-order valence-corrected chi connectivity index (χ3v) is 3.42. The highest BCUT2D eigenvalue weighted by Gasteiger charge is 2.14. The Hall–Kier alpha value is -0.940. The molecular formula is C13H17BrFNO2. The monoisotopic (exact) mass is 317 g/mol. The fourth-order valence-electron chi connectivity index (χ4n) is 1.37. The largest absolute Gasteiger partial charge is 0.392 e. The zero-order valence-electron chi connectivity index (χ0n) is 10.4. The predicted molar refractivity (Wildman–Crippen MR) is 71.4 cm³/mol. The molecule has 18 heavy (non-hydrogen) atoms. The summed E-state index contributed by atoms with van der Waals surface area (Å²) >= 11 is 3.29. The Morgan fingerprint density at radius 1 is 1.50 bits per heavy atom. The average molecular weight is 318 g/mol. The maximum absolute atomic E-state index is 13.0. The molecule has 0 saturated carbocycles. The molecule has 1 aromatic carbocycles. The molecule has 0 spiro atoms. The Balaban J connectivity index is 2.50. The summed E-state index contributed by atoms with van der Waals surface area (Å²) in [6.45, 7) is 3.93. The Labute approximate surface area is 115 Å². The van der Waals surface area contributed by atoms with Crippen molar-refractivity contribution >= 4 is 21.8 Å². The maximum Gasteiger partial charge on any atom is 0.222 e. The van der Waals surface area contributed by atoms with Gasteiger partial charge < -0.3 is 10.4 Å². The van der Waals surface area contributed by atoms with Gasteiger partial charge in [-0.1, -0.05) is 29.8 Å². The lowest BCUT2D eigenvalue weighted by atomic mass is 10.0. The third kappa shape index (κ3) is 4.74. The minimum atomic E-state index is -0.652. The van der Waals surface area contributed by atoms with Gasteiger partial charge >= 0.3 is 0 Å². The van der Waals surface area contributed by atoms with Crippen LogP contribution < -0.4 is 5.32 Å². The Kier molecular flexibility index (Phi) is 5.75. The Morgan fingerprint density at radius 2 is 2.17 bits per heavy atom. The van der Waals surface area contributed by atoms with Gasteiger partial charge in [-0.15, -0.1) is 0 Å². The van der Waals surface area contributed by atoms with Gasteiger partial charge in [-0.2, -0.15) is 0 Å². The summed E-state index contributed by atoms with van der Waals surface area (Å²) in [6.07, 6.45) is -0.592. The van der Waals surface area contributed by atoms with E-state index in [9.17, 15) is 14.3 Å². The van der Waals surface area contributed by atoms with Crippen LogP contribution in [0, 0.1) is 11.7 Å². The highest BCUT2D eigenvalue weighted by Crippen LogP contribution is 2.17. The number of aliphatic hydroxyl groups is 1. The van der Waals surface area contributed by atoms with E-state index in [1.54, 1.807) is 6.07 Å². The van der Waals surface area contributed by atoms with E-state index in [-0.39, 0.29) is 30.6 Å². The van der Waals surface area contributed by atoms with Crippen LogP contribution in [-0.2, 0) is 11.3 Å². The minimum Gasteiger partial charge on any atom is -0.392 e. The SMILES string of the molecule is CC(C)[C@@H](O)CC(=O)NCc1cc(F)ccc1Br. The minimum absolute atomic E-state index is 0.0386. The number of benzene rings is 1. The third-order valence-electron chi connectivity index (χ3n) is 2.65. The van der Waals surface area contributed by atoms with Crippen molar-refractivity contribution in [3.05, 3.63) is 34.1 Å². The number of halogens is 2. The van der Waals surface area contributed by atoms with Crippen LogP contribution in [0.3, 0.4) is 0 Å². The number of amides is 1. The zero-order chi connectivity index (χ0) is 13.7. The quantitative estimate of drug-likeness (QED) is 0.877. The van der Waals surface area contributed by atoms with E-state index in [0.29, 0.717) is 5.56 Å². The van der Waals surface area contributed by atoms with E-state index in [2.05, 4.69) is 21.2 Å². The molecule has 0 saturated heterocycles. The lowest BCUT2D eigenvalue weighted by Crippen LogP contribution is -2.29. The van der Waals surface area contributed by atoms with Gasteiger partial charge in [-0.05, 0) is 29.7 Å². The summed E-state index contributed by atoms with van der Waals surface area (Å²) in [6, 6.07) is 4.31. The molecule has 0 fully saturated rings. The summed E-state index contributed by atoms with van der Waals surface area (Å²) in [5, 5.41) is 12.2. The van der Waals surface area contributed by atoms with Gasteiger partial charge in [-0.25, -0.2) is 4.39 Å². The molecule has 0 heterocycles. The number of carbonyl (C=O) groups is 1. The van der Waals surface area contributed by atoms with Crippen molar-refractivity contribution in [3.63, 3.8) is 0 Å². The van der Waals surface area contributed by atoms with Crippen LogP contribution in [0.15, 0.2) is 22.7 Å². The Morgan fingerprint density at radius 3 is 2.78 bits per heavy atom. The van der Waals surface area contributed by atoms with Crippen molar-refractivity contribution in [3.8, 4) is 0 Å². The summed E-state index contributed by atoms with van der Waals surface area (Å²) in [5.74, 6) is -0.548. The van der Waals surface area contributed by atoms with E-state index in [1.807, 2.05) is 13.8 Å². The molecule has 100 valence electrons. The second-order valence-electron chi connectivity index (χ2n) is 4.53. The normalized spacial score (nSPS) is 12.6. The van der Waals surface area contributed by atoms with E-state index >= 15 is 0 Å². The van der Waals surface area contributed by atoms with Crippen LogP contribution >= 0.6 is 15.9 Å². The van der Waals surface area contributed by atoms with Crippen molar-refractivity contribution in [2.45, 2.75) is 32.9 Å². The smallest absolute Gasteiger partial charge is 0.222 e. The van der Waals surface area contributed by atoms with Crippen LogP contribution in [0.2, 0.25) is 0 Å². The number of aliphatic hydroxyl groups excluding tert-OH is 1. The number of nitrogens with one attached hydrogen (secondary N) is 1. The summed E-state index contributed by atoms with van der Waals surface area (Å²) < 4.78 is 13.8. The second-order valence-corrected chi connectivity index (χ2v) is 5.38. The number of hydrogen-bond donors (Lipinski definition) is 2. The van der Waals surface area contributed by atoms with E-state index in [0.717, 1.165) is 4.47 Å². The lowest BCUT2D eigenvalue weighted by molar-refractivity contribution is -0.123. The first kappa shape index (κ1) is 15.1. The molecular weight excluding hydrogens is 301 g/mol. The molecule has 2 N–H and O–H groups in total. The van der Waals surface area contributed by atoms with Crippen LogP contribution in [0.1, 0.15) is 25.8 Å². The van der Waals surface area contributed by atoms with Gasteiger partial charge in [0.25, 0.3) is 0 Å². The molecule has 3 nitrogen and oxygen atoms in total. The molecule has 0 bridgehead atoms. The molecule has 0 aliphatic heterocycles. The van der Waals surface area contributed by atoms with Gasteiger partial charge in [0.15, 0.2) is 0 Å². The fourth-order valence-corrected chi connectivity index (χ4v) is 1.76. The van der Waals surface area contributed by atoms with Crippen LogP contribution in [0.5, 0.6) is 0 Å². The number of rotatable bonds is 5. The van der Waals surface area contributed by atoms with E-state index in [4.69, 9.17) is 0 Å². The van der Waals surface area contributed by atoms with Gasteiger partial charge in [0.1, 0.15) is 5.82 Å². The van der Waals surface area contributed by atoms with E-state index < -0.39 is 6.10 Å². The summed E-state index contributed by atoms with van der Waals surface area (Å²) in [7, 11) is 0. The second kappa shape index (κ2) is 6.85. The molecule has 1 amide bonds. The maximum atomic E-state index is 13.0. The molecule has 1 atom stereocenters. The highest BCUT2D eigenvalue weighted by molar-refractivity contribution is 9.10. The van der Waals surface area contributed by atoms with Gasteiger partial charge in [-0.3, -0.25) is 4.79 Å². The molecule has 0 aliphatic carbocycles. The standard InChI is InChI=1S/C13H17BrFNO2/c1-8(2)12(17)6-13(18)16-7-9-5-10(15)3-4-11(9)14/h3-5,8,12,17H,6-7H2,1-2H3,(H,16,18)/t12-/m0/s1. The first-order valence-corrected chi connectivity index (χ1v) is 6.58. The average Bonchev–Trinajstić information content (AvgIpc) is 2.30. The van der Waals surface area contributed by atoms with Gasteiger partial charge in [0.2, 0.25) is 5.91 Å². The molecule has 0 unspecified atom stereocenters. The van der Waals surface area contributed by atoms with Gasteiger partial charge in [0.05, 0.1) is 12.5 Å². The summed E-state index contributed by atoms with van der Waals surface area (Å²) in [4.78, 5) is 11.5. The van der Waals surface area contributed by atoms with Gasteiger partial charge in [0, 0.05) is 11.0 Å². The molecule has 0 aromatic heterocycles. The van der Waals surface area contributed by atoms with Crippen LogP contribution in [-0.4, -0.2) is 17.1 Å². The van der Waals surface area contributed by atoms with E-state index in [1.165, 1.54) is 12.1 Å². The molecule has 5 heteroatoms.